The molecule has 0 saturated heterocycles. The summed E-state index contributed by atoms with van der Waals surface area (Å²) in [4.78, 5) is 0. The van der Waals surface area contributed by atoms with E-state index in [0.717, 1.165) is 0 Å². The van der Waals surface area contributed by atoms with E-state index in [1.54, 1.807) is 0 Å². The zero-order valence-corrected chi connectivity index (χ0v) is 12.1. The van der Waals surface area contributed by atoms with Gasteiger partial charge in [-0.1, -0.05) is 0 Å². The fourth-order valence-corrected chi connectivity index (χ4v) is 2.98. The number of hydrogen-bond acceptors (Lipinski definition) is 6. The molecule has 16 heavy (non-hydrogen) atoms. The number of phenols is 2. The molecule has 0 heterocycles. The molecule has 0 bridgehead atoms. The maximum atomic E-state index is 10.1. The molecule has 0 radical (unpaired) electrons. The fraction of sp³-hybridized carbons (Fsp3) is 0.400. The van der Waals surface area contributed by atoms with Crippen LogP contribution in [0.2, 0.25) is 0 Å². The maximum Gasteiger partial charge on any atom is 0.124 e. The zero-order chi connectivity index (χ0) is 12.3. The van der Waals surface area contributed by atoms with Gasteiger partial charge in [-0.25, -0.2) is 0 Å². The van der Waals surface area contributed by atoms with Gasteiger partial charge in [0.1, 0.15) is 11.5 Å². The van der Waals surface area contributed by atoms with Crippen molar-refractivity contribution >= 4 is 50.5 Å². The molecule has 2 N–H and O–H groups in total. The molecule has 1 rings (SSSR count). The van der Waals surface area contributed by atoms with Crippen LogP contribution in [-0.4, -0.2) is 10.2 Å². The van der Waals surface area contributed by atoms with E-state index in [4.69, 9.17) is 0 Å². The molecule has 0 amide bonds. The third-order valence-corrected chi connectivity index (χ3v) is 3.77. The number of aromatic hydroxyl groups is 2. The first-order valence-corrected chi connectivity index (χ1v) is 7.16. The average Bonchev–Trinajstić information content (AvgIpc) is 2.30. The lowest BCUT2D eigenvalue weighted by molar-refractivity contribution is 0.444. The minimum Gasteiger partial charge on any atom is -0.507 e. The Morgan fingerprint density at radius 3 is 0.875 bits per heavy atom. The van der Waals surface area contributed by atoms with Gasteiger partial charge in [-0.3, -0.25) is 0 Å². The van der Waals surface area contributed by atoms with Crippen LogP contribution >= 0.6 is 50.5 Å². The SMILES string of the molecule is Oc1c(CS)c(CS)c(O)c(CS)c1CS. The molecule has 6 heteroatoms. The summed E-state index contributed by atoms with van der Waals surface area (Å²) in [6.45, 7) is 0. The van der Waals surface area contributed by atoms with Crippen LogP contribution in [-0.2, 0) is 23.0 Å². The van der Waals surface area contributed by atoms with Crippen molar-refractivity contribution < 1.29 is 10.2 Å². The van der Waals surface area contributed by atoms with E-state index in [9.17, 15) is 10.2 Å². The van der Waals surface area contributed by atoms with Crippen molar-refractivity contribution in [2.75, 3.05) is 0 Å². The molecule has 0 atom stereocenters. The molecule has 0 aliphatic carbocycles. The lowest BCUT2D eigenvalue weighted by Crippen LogP contribution is -2.00. The molecular formula is C10H14O2S4. The van der Waals surface area contributed by atoms with Crippen molar-refractivity contribution in [2.45, 2.75) is 23.0 Å². The minimum atomic E-state index is 0.149. The summed E-state index contributed by atoms with van der Waals surface area (Å²) in [5.74, 6) is 1.70. The number of hydrogen-bond donors (Lipinski definition) is 6. The van der Waals surface area contributed by atoms with Crippen molar-refractivity contribution in [3.63, 3.8) is 0 Å². The predicted molar refractivity (Wildman–Crippen MR) is 80.5 cm³/mol. The second-order valence-corrected chi connectivity index (χ2v) is 4.51. The normalized spacial score (nSPS) is 10.8. The highest BCUT2D eigenvalue weighted by Gasteiger charge is 2.20. The molecule has 2 nitrogen and oxygen atoms in total. The summed E-state index contributed by atoms with van der Waals surface area (Å²) in [6.07, 6.45) is 0. The molecule has 0 saturated carbocycles. The van der Waals surface area contributed by atoms with Gasteiger partial charge in [0.2, 0.25) is 0 Å². The van der Waals surface area contributed by atoms with Crippen LogP contribution < -0.4 is 0 Å². The van der Waals surface area contributed by atoms with Crippen LogP contribution in [0, 0.1) is 0 Å². The lowest BCUT2D eigenvalue weighted by atomic mass is 9.98. The van der Waals surface area contributed by atoms with E-state index in [2.05, 4.69) is 50.5 Å². The van der Waals surface area contributed by atoms with Gasteiger partial charge in [0, 0.05) is 45.3 Å². The van der Waals surface area contributed by atoms with Gasteiger partial charge in [0.05, 0.1) is 0 Å². The van der Waals surface area contributed by atoms with E-state index in [-0.39, 0.29) is 11.5 Å². The Labute approximate surface area is 117 Å². The van der Waals surface area contributed by atoms with E-state index < -0.39 is 0 Å². The van der Waals surface area contributed by atoms with Crippen molar-refractivity contribution in [3.05, 3.63) is 22.3 Å². The summed E-state index contributed by atoms with van der Waals surface area (Å²) < 4.78 is 0. The van der Waals surface area contributed by atoms with E-state index in [0.29, 0.717) is 45.3 Å². The number of rotatable bonds is 4. The maximum absolute atomic E-state index is 10.1. The van der Waals surface area contributed by atoms with Crippen LogP contribution in [0.5, 0.6) is 11.5 Å². The molecule has 90 valence electrons. The van der Waals surface area contributed by atoms with Gasteiger partial charge >= 0.3 is 0 Å². The highest BCUT2D eigenvalue weighted by atomic mass is 32.1. The predicted octanol–water partition coefficient (Wildman–Crippen LogP) is 2.82. The fourth-order valence-electron chi connectivity index (χ4n) is 1.62. The second kappa shape index (κ2) is 6.23. The Hall–Kier alpha value is 0.220. The molecule has 0 unspecified atom stereocenters. The third kappa shape index (κ3) is 2.39. The van der Waals surface area contributed by atoms with Crippen LogP contribution in [0.25, 0.3) is 0 Å². The number of benzene rings is 1. The summed E-state index contributed by atoms with van der Waals surface area (Å²) in [7, 11) is 0. The first-order chi connectivity index (χ1) is 7.62. The summed E-state index contributed by atoms with van der Waals surface area (Å²) in [5.41, 5.74) is 2.46. The molecule has 0 aliphatic heterocycles. The van der Waals surface area contributed by atoms with Crippen LogP contribution in [0.4, 0.5) is 0 Å². The number of phenolic OH excluding ortho intramolecular Hbond substituents is 2. The van der Waals surface area contributed by atoms with Crippen LogP contribution in [0.15, 0.2) is 0 Å². The Kier molecular flexibility index (Phi) is 5.56. The van der Waals surface area contributed by atoms with Gasteiger partial charge in [-0.05, 0) is 0 Å². The summed E-state index contributed by atoms with van der Waals surface area (Å²) in [6, 6.07) is 0. The van der Waals surface area contributed by atoms with E-state index in [1.807, 2.05) is 0 Å². The second-order valence-electron chi connectivity index (χ2n) is 3.24. The third-order valence-electron chi connectivity index (χ3n) is 2.50. The van der Waals surface area contributed by atoms with Crippen molar-refractivity contribution in [3.8, 4) is 11.5 Å². The summed E-state index contributed by atoms with van der Waals surface area (Å²) in [5, 5.41) is 20.1. The molecule has 0 aliphatic rings. The first-order valence-electron chi connectivity index (χ1n) is 4.63. The Morgan fingerprint density at radius 2 is 0.750 bits per heavy atom. The minimum absolute atomic E-state index is 0.149. The molecule has 0 spiro atoms. The number of thiol groups is 4. The average molecular weight is 294 g/mol. The van der Waals surface area contributed by atoms with Crippen molar-refractivity contribution in [1.82, 2.24) is 0 Å². The van der Waals surface area contributed by atoms with Crippen LogP contribution in [0.1, 0.15) is 22.3 Å². The Morgan fingerprint density at radius 1 is 0.562 bits per heavy atom. The van der Waals surface area contributed by atoms with Crippen LogP contribution in [0.3, 0.4) is 0 Å². The Bertz CT molecular complexity index is 323. The molecule has 1 aromatic rings. The molecule has 0 aromatic heterocycles. The molecular weight excluding hydrogens is 280 g/mol. The monoisotopic (exact) mass is 294 g/mol. The van der Waals surface area contributed by atoms with Gasteiger partial charge < -0.3 is 10.2 Å². The quantitative estimate of drug-likeness (QED) is 0.382. The van der Waals surface area contributed by atoms with Crippen molar-refractivity contribution in [1.29, 1.82) is 0 Å². The standard InChI is InChI=1S/C10H14O2S4/c11-9-5(1-13)6(2-14)10(12)8(4-16)7(9)3-15/h11-16H,1-4H2. The van der Waals surface area contributed by atoms with Gasteiger partial charge in [0.25, 0.3) is 0 Å². The van der Waals surface area contributed by atoms with Crippen molar-refractivity contribution in [2.24, 2.45) is 0 Å². The highest BCUT2D eigenvalue weighted by molar-refractivity contribution is 7.80. The summed E-state index contributed by atoms with van der Waals surface area (Å²) >= 11 is 16.6. The smallest absolute Gasteiger partial charge is 0.124 e. The van der Waals surface area contributed by atoms with Gasteiger partial charge in [-0.15, -0.1) is 0 Å². The largest absolute Gasteiger partial charge is 0.507 e. The van der Waals surface area contributed by atoms with Gasteiger partial charge in [-0.2, -0.15) is 50.5 Å². The lowest BCUT2D eigenvalue weighted by Gasteiger charge is -2.18. The van der Waals surface area contributed by atoms with Gasteiger partial charge in [0.15, 0.2) is 0 Å². The highest BCUT2D eigenvalue weighted by Crippen LogP contribution is 2.40. The zero-order valence-electron chi connectivity index (χ0n) is 8.51. The topological polar surface area (TPSA) is 40.5 Å². The first kappa shape index (κ1) is 14.3. The molecule has 0 fully saturated rings. The van der Waals surface area contributed by atoms with E-state index in [1.165, 1.54) is 0 Å². The van der Waals surface area contributed by atoms with E-state index >= 15 is 0 Å². The Balaban J connectivity index is 3.60. The molecule has 1 aromatic carbocycles.